The van der Waals surface area contributed by atoms with E-state index in [1.54, 1.807) is 37.5 Å². The van der Waals surface area contributed by atoms with Gasteiger partial charge in [0.15, 0.2) is 5.89 Å². The summed E-state index contributed by atoms with van der Waals surface area (Å²) in [6.07, 6.45) is 1.57. The van der Waals surface area contributed by atoms with E-state index in [2.05, 4.69) is 24.8 Å². The highest BCUT2D eigenvalue weighted by molar-refractivity contribution is 7.89. The molecule has 0 aliphatic carbocycles. The van der Waals surface area contributed by atoms with Crippen molar-refractivity contribution in [3.05, 3.63) is 48.3 Å². The lowest BCUT2D eigenvalue weighted by Crippen LogP contribution is -2.49. The van der Waals surface area contributed by atoms with Gasteiger partial charge in [-0.1, -0.05) is 12.1 Å². The van der Waals surface area contributed by atoms with Crippen molar-refractivity contribution in [2.45, 2.75) is 18.7 Å². The molecule has 11 heteroatoms. The Morgan fingerprint density at radius 2 is 1.44 bits per heavy atom. The van der Waals surface area contributed by atoms with Crippen LogP contribution in [0.1, 0.15) is 11.7 Å². The zero-order valence-electron chi connectivity index (χ0n) is 19.3. The predicted molar refractivity (Wildman–Crippen MR) is 127 cm³/mol. The molecule has 0 atom stereocenters. The van der Waals surface area contributed by atoms with Crippen molar-refractivity contribution in [2.75, 3.05) is 62.3 Å². The van der Waals surface area contributed by atoms with Gasteiger partial charge in [-0.3, -0.25) is 0 Å². The minimum atomic E-state index is -3.59. The van der Waals surface area contributed by atoms with Crippen molar-refractivity contribution in [3.63, 3.8) is 0 Å². The molecule has 5 rings (SSSR count). The summed E-state index contributed by atoms with van der Waals surface area (Å²) >= 11 is 0. The quantitative estimate of drug-likeness (QED) is 0.538. The molecule has 0 unspecified atom stereocenters. The monoisotopic (exact) mass is 484 g/mol. The number of aryl methyl sites for hydroxylation is 2. The van der Waals surface area contributed by atoms with E-state index in [0.717, 1.165) is 30.3 Å². The summed E-state index contributed by atoms with van der Waals surface area (Å²) < 4.78 is 38.7. The van der Waals surface area contributed by atoms with E-state index in [9.17, 15) is 8.42 Å². The minimum Gasteiger partial charge on any atom is -0.449 e. The average Bonchev–Trinajstić information content (AvgIpc) is 3.30. The fourth-order valence-corrected chi connectivity index (χ4v) is 5.68. The molecule has 0 radical (unpaired) electrons. The van der Waals surface area contributed by atoms with Gasteiger partial charge >= 0.3 is 0 Å². The van der Waals surface area contributed by atoms with Crippen LogP contribution in [0.25, 0.3) is 11.3 Å². The summed E-state index contributed by atoms with van der Waals surface area (Å²) in [4.78, 5) is 18.1. The summed E-state index contributed by atoms with van der Waals surface area (Å²) in [6.45, 7) is 8.55. The molecule has 0 amide bonds. The smallest absolute Gasteiger partial charge is 0.243 e. The van der Waals surface area contributed by atoms with Gasteiger partial charge in [0.25, 0.3) is 0 Å². The second kappa shape index (κ2) is 9.32. The second-order valence-corrected chi connectivity index (χ2v) is 10.3. The Labute approximate surface area is 199 Å². The number of hydrogen-bond donors (Lipinski definition) is 0. The summed E-state index contributed by atoms with van der Waals surface area (Å²) in [7, 11) is -3.59. The van der Waals surface area contributed by atoms with Gasteiger partial charge in [0, 0.05) is 57.8 Å². The molecule has 1 aromatic carbocycles. The summed E-state index contributed by atoms with van der Waals surface area (Å²) in [6, 6.07) is 8.77. The number of ether oxygens (including phenoxy) is 1. The van der Waals surface area contributed by atoms with E-state index >= 15 is 0 Å². The molecule has 4 heterocycles. The third kappa shape index (κ3) is 4.63. The van der Waals surface area contributed by atoms with Gasteiger partial charge in [0.1, 0.15) is 29.4 Å². The molecule has 2 saturated heterocycles. The van der Waals surface area contributed by atoms with Crippen LogP contribution >= 0.6 is 0 Å². The van der Waals surface area contributed by atoms with Gasteiger partial charge in [-0.05, 0) is 19.1 Å². The molecule has 0 N–H and O–H groups in total. The fraction of sp³-hybridized carbons (Fsp3) is 0.435. The van der Waals surface area contributed by atoms with E-state index < -0.39 is 10.0 Å². The number of aromatic nitrogens is 3. The summed E-state index contributed by atoms with van der Waals surface area (Å²) in [5.74, 6) is 3.00. The molecule has 0 spiro atoms. The third-order valence-corrected chi connectivity index (χ3v) is 8.03. The third-order valence-electron chi connectivity index (χ3n) is 6.12. The SMILES string of the molecule is Cc1nc(N2CCOCC2)cc(N2CCN(S(=O)(=O)c3ccc(-c4coc(C)n4)cc3)CC2)n1. The Morgan fingerprint density at radius 1 is 0.824 bits per heavy atom. The molecular weight excluding hydrogens is 456 g/mol. The number of rotatable bonds is 5. The second-order valence-electron chi connectivity index (χ2n) is 8.40. The molecule has 2 aromatic heterocycles. The molecule has 3 aromatic rings. The van der Waals surface area contributed by atoms with E-state index in [1.165, 1.54) is 4.31 Å². The highest BCUT2D eigenvalue weighted by atomic mass is 32.2. The first-order valence-corrected chi connectivity index (χ1v) is 12.8. The number of nitrogens with zero attached hydrogens (tertiary/aromatic N) is 6. The summed E-state index contributed by atoms with van der Waals surface area (Å²) in [5, 5.41) is 0. The van der Waals surface area contributed by atoms with Crippen LogP contribution in [0, 0.1) is 13.8 Å². The van der Waals surface area contributed by atoms with Crippen LogP contribution in [0.3, 0.4) is 0 Å². The molecule has 34 heavy (non-hydrogen) atoms. The lowest BCUT2D eigenvalue weighted by Gasteiger charge is -2.35. The number of sulfonamides is 1. The van der Waals surface area contributed by atoms with Crippen molar-refractivity contribution in [1.29, 1.82) is 0 Å². The maximum absolute atomic E-state index is 13.2. The molecule has 2 aliphatic rings. The standard InChI is InChI=1S/C23H28N6O4S/c1-17-24-22(15-23(25-17)28-11-13-32-14-12-28)27-7-9-29(10-8-27)34(30,31)20-5-3-19(4-6-20)21-16-33-18(2)26-21/h3-6,15-16H,7-14H2,1-2H3. The van der Waals surface area contributed by atoms with Crippen LogP contribution in [-0.2, 0) is 14.8 Å². The predicted octanol–water partition coefficient (Wildman–Crippen LogP) is 2.10. The van der Waals surface area contributed by atoms with E-state index in [0.29, 0.717) is 56.8 Å². The number of anilines is 2. The van der Waals surface area contributed by atoms with Crippen LogP contribution < -0.4 is 9.80 Å². The van der Waals surface area contributed by atoms with Gasteiger partial charge < -0.3 is 19.0 Å². The normalized spacial score (nSPS) is 17.8. The van der Waals surface area contributed by atoms with Crippen molar-refractivity contribution < 1.29 is 17.6 Å². The van der Waals surface area contributed by atoms with E-state index in [4.69, 9.17) is 9.15 Å². The van der Waals surface area contributed by atoms with Crippen LogP contribution in [0.5, 0.6) is 0 Å². The topological polar surface area (TPSA) is 105 Å². The maximum atomic E-state index is 13.2. The number of morpholine rings is 1. The van der Waals surface area contributed by atoms with E-state index in [-0.39, 0.29) is 4.90 Å². The fourth-order valence-electron chi connectivity index (χ4n) is 4.25. The molecule has 2 aliphatic heterocycles. The molecule has 10 nitrogen and oxygen atoms in total. The Kier molecular flexibility index (Phi) is 6.24. The Balaban J connectivity index is 1.27. The molecular formula is C23H28N6O4S. The van der Waals surface area contributed by atoms with Gasteiger partial charge in [-0.2, -0.15) is 4.31 Å². The van der Waals surface area contributed by atoms with Gasteiger partial charge in [0.05, 0.1) is 18.1 Å². The zero-order valence-corrected chi connectivity index (χ0v) is 20.2. The lowest BCUT2D eigenvalue weighted by atomic mass is 10.2. The number of hydrogen-bond acceptors (Lipinski definition) is 9. The molecule has 0 saturated carbocycles. The Morgan fingerprint density at radius 3 is 2.03 bits per heavy atom. The first-order chi connectivity index (χ1) is 16.4. The van der Waals surface area contributed by atoms with Crippen LogP contribution in [-0.4, -0.2) is 80.2 Å². The van der Waals surface area contributed by atoms with Gasteiger partial charge in [0.2, 0.25) is 10.0 Å². The van der Waals surface area contributed by atoms with Gasteiger partial charge in [-0.15, -0.1) is 0 Å². The summed E-state index contributed by atoms with van der Waals surface area (Å²) in [5.41, 5.74) is 1.50. The van der Waals surface area contributed by atoms with Crippen molar-refractivity contribution >= 4 is 21.7 Å². The maximum Gasteiger partial charge on any atom is 0.243 e. The lowest BCUT2D eigenvalue weighted by molar-refractivity contribution is 0.122. The highest BCUT2D eigenvalue weighted by Crippen LogP contribution is 2.25. The number of benzene rings is 1. The molecule has 180 valence electrons. The van der Waals surface area contributed by atoms with Crippen LogP contribution in [0.4, 0.5) is 11.6 Å². The first kappa shape index (κ1) is 22.8. The minimum absolute atomic E-state index is 0.275. The van der Waals surface area contributed by atoms with Crippen molar-refractivity contribution in [2.24, 2.45) is 0 Å². The van der Waals surface area contributed by atoms with Crippen LogP contribution in [0.2, 0.25) is 0 Å². The van der Waals surface area contributed by atoms with Gasteiger partial charge in [-0.25, -0.2) is 23.4 Å². The number of piperazine rings is 1. The molecule has 0 bridgehead atoms. The van der Waals surface area contributed by atoms with E-state index in [1.807, 2.05) is 13.0 Å². The van der Waals surface area contributed by atoms with Crippen molar-refractivity contribution in [3.8, 4) is 11.3 Å². The van der Waals surface area contributed by atoms with Crippen molar-refractivity contribution in [1.82, 2.24) is 19.3 Å². The first-order valence-electron chi connectivity index (χ1n) is 11.4. The highest BCUT2D eigenvalue weighted by Gasteiger charge is 2.29. The van der Waals surface area contributed by atoms with Crippen LogP contribution in [0.15, 0.2) is 45.9 Å². The Bertz CT molecular complexity index is 1250. The number of oxazole rings is 1. The average molecular weight is 485 g/mol. The largest absolute Gasteiger partial charge is 0.449 e. The zero-order chi connectivity index (χ0) is 23.7. The molecule has 2 fully saturated rings. The Hall–Kier alpha value is -3.02.